The summed E-state index contributed by atoms with van der Waals surface area (Å²) < 4.78 is 5.43. The molecule has 0 radical (unpaired) electrons. The summed E-state index contributed by atoms with van der Waals surface area (Å²) in [5, 5.41) is 26.2. The molecule has 0 aliphatic heterocycles. The SMILES string of the molecule is COC1Cc2ccccc2C1=NNc1ccc([N+](=O)[O-])cc1[N+](=O)[O-]. The van der Waals surface area contributed by atoms with E-state index in [1.165, 1.54) is 12.1 Å². The molecule has 0 spiro atoms. The predicted octanol–water partition coefficient (Wildman–Crippen LogP) is 2.89. The smallest absolute Gasteiger partial charge is 0.301 e. The standard InChI is InChI=1S/C16H14N4O5/c1-25-15-8-10-4-2-3-5-12(10)16(15)18-17-13-7-6-11(19(21)22)9-14(13)20(23)24/h2-7,9,15,17H,8H2,1H3. The molecule has 0 amide bonds. The molecule has 0 saturated carbocycles. The van der Waals surface area contributed by atoms with E-state index in [9.17, 15) is 20.2 Å². The summed E-state index contributed by atoms with van der Waals surface area (Å²) in [7, 11) is 1.57. The van der Waals surface area contributed by atoms with Gasteiger partial charge in [0, 0.05) is 25.2 Å². The molecule has 3 rings (SSSR count). The van der Waals surface area contributed by atoms with Gasteiger partial charge in [0.05, 0.1) is 21.6 Å². The number of benzene rings is 2. The lowest BCUT2D eigenvalue weighted by Gasteiger charge is -2.10. The molecule has 2 aromatic carbocycles. The third kappa shape index (κ3) is 3.17. The Morgan fingerprint density at radius 3 is 2.60 bits per heavy atom. The number of nitro groups is 2. The van der Waals surface area contributed by atoms with E-state index < -0.39 is 15.5 Å². The number of hydrazone groups is 1. The lowest BCUT2D eigenvalue weighted by molar-refractivity contribution is -0.393. The normalized spacial score (nSPS) is 17.3. The number of ether oxygens (including phenoxy) is 1. The highest BCUT2D eigenvalue weighted by Gasteiger charge is 2.28. The van der Waals surface area contributed by atoms with Crippen molar-refractivity contribution in [3.63, 3.8) is 0 Å². The Morgan fingerprint density at radius 1 is 1.16 bits per heavy atom. The first-order valence-electron chi connectivity index (χ1n) is 7.38. The molecule has 9 nitrogen and oxygen atoms in total. The van der Waals surface area contributed by atoms with Crippen molar-refractivity contribution in [2.75, 3.05) is 12.5 Å². The zero-order valence-corrected chi connectivity index (χ0v) is 13.2. The van der Waals surface area contributed by atoms with E-state index in [2.05, 4.69) is 10.5 Å². The largest absolute Gasteiger partial charge is 0.375 e. The number of nitrogens with zero attached hydrogens (tertiary/aromatic N) is 3. The van der Waals surface area contributed by atoms with E-state index in [0.29, 0.717) is 12.1 Å². The molecule has 0 bridgehead atoms. The predicted molar refractivity (Wildman–Crippen MR) is 90.9 cm³/mol. The Labute approximate surface area is 142 Å². The second-order valence-corrected chi connectivity index (χ2v) is 5.41. The van der Waals surface area contributed by atoms with Crippen LogP contribution < -0.4 is 5.43 Å². The van der Waals surface area contributed by atoms with Crippen LogP contribution in [0.15, 0.2) is 47.6 Å². The van der Waals surface area contributed by atoms with Gasteiger partial charge >= 0.3 is 5.69 Å². The van der Waals surface area contributed by atoms with E-state index in [0.717, 1.165) is 17.2 Å². The minimum absolute atomic E-state index is 0.0716. The van der Waals surface area contributed by atoms with Crippen molar-refractivity contribution in [3.8, 4) is 0 Å². The highest BCUT2D eigenvalue weighted by molar-refractivity contribution is 6.08. The van der Waals surface area contributed by atoms with Crippen LogP contribution in [0.2, 0.25) is 0 Å². The maximum absolute atomic E-state index is 11.2. The monoisotopic (exact) mass is 342 g/mol. The van der Waals surface area contributed by atoms with Crippen molar-refractivity contribution in [1.29, 1.82) is 0 Å². The van der Waals surface area contributed by atoms with Gasteiger partial charge in [-0.15, -0.1) is 0 Å². The Morgan fingerprint density at radius 2 is 1.92 bits per heavy atom. The first-order valence-corrected chi connectivity index (χ1v) is 7.38. The maximum atomic E-state index is 11.2. The van der Waals surface area contributed by atoms with Gasteiger partial charge in [0.1, 0.15) is 11.8 Å². The van der Waals surface area contributed by atoms with Crippen molar-refractivity contribution in [2.24, 2.45) is 5.10 Å². The number of rotatable bonds is 5. The van der Waals surface area contributed by atoms with Crippen LogP contribution in [0.25, 0.3) is 0 Å². The van der Waals surface area contributed by atoms with E-state index >= 15 is 0 Å². The maximum Gasteiger partial charge on any atom is 0.301 e. The van der Waals surface area contributed by atoms with Crippen LogP contribution in [0, 0.1) is 20.2 Å². The van der Waals surface area contributed by atoms with Gasteiger partial charge in [-0.2, -0.15) is 5.10 Å². The van der Waals surface area contributed by atoms with Crippen molar-refractivity contribution >= 4 is 22.8 Å². The number of nitrogens with one attached hydrogen (secondary N) is 1. The Kier molecular flexibility index (Phi) is 4.40. The van der Waals surface area contributed by atoms with Gasteiger partial charge in [0.15, 0.2) is 0 Å². The van der Waals surface area contributed by atoms with E-state index in [1.807, 2.05) is 24.3 Å². The van der Waals surface area contributed by atoms with Gasteiger partial charge in [-0.25, -0.2) is 0 Å². The summed E-state index contributed by atoms with van der Waals surface area (Å²) in [6.45, 7) is 0. The van der Waals surface area contributed by atoms with Crippen LogP contribution in [-0.4, -0.2) is 28.8 Å². The summed E-state index contributed by atoms with van der Waals surface area (Å²) in [5.41, 5.74) is 4.57. The van der Waals surface area contributed by atoms with Crippen molar-refractivity contribution in [1.82, 2.24) is 0 Å². The van der Waals surface area contributed by atoms with Crippen molar-refractivity contribution in [3.05, 3.63) is 73.8 Å². The fraction of sp³-hybridized carbons (Fsp3) is 0.188. The molecule has 0 saturated heterocycles. The zero-order chi connectivity index (χ0) is 18.0. The Hall–Kier alpha value is -3.33. The molecule has 1 N–H and O–H groups in total. The fourth-order valence-corrected chi connectivity index (χ4v) is 2.74. The average Bonchev–Trinajstić information content (AvgIpc) is 2.97. The number of anilines is 1. The van der Waals surface area contributed by atoms with Gasteiger partial charge < -0.3 is 4.74 Å². The van der Waals surface area contributed by atoms with Gasteiger partial charge in [-0.05, 0) is 11.6 Å². The molecule has 128 valence electrons. The van der Waals surface area contributed by atoms with Crippen LogP contribution in [-0.2, 0) is 11.2 Å². The van der Waals surface area contributed by atoms with Gasteiger partial charge in [0.2, 0.25) is 0 Å². The molecule has 1 aliphatic carbocycles. The third-order valence-corrected chi connectivity index (χ3v) is 3.97. The first kappa shape index (κ1) is 16.5. The molecule has 2 aromatic rings. The number of hydrogen-bond donors (Lipinski definition) is 1. The summed E-state index contributed by atoms with van der Waals surface area (Å²) in [6, 6.07) is 11.0. The number of hydrogen-bond acceptors (Lipinski definition) is 7. The number of non-ortho nitro benzene ring substituents is 1. The number of nitro benzene ring substituents is 2. The highest BCUT2D eigenvalue weighted by Crippen LogP contribution is 2.30. The molecule has 1 aliphatic rings. The molecule has 1 atom stereocenters. The number of fused-ring (bicyclic) bond motifs is 1. The third-order valence-electron chi connectivity index (χ3n) is 3.97. The van der Waals surface area contributed by atoms with Crippen LogP contribution in [0.3, 0.4) is 0 Å². The zero-order valence-electron chi connectivity index (χ0n) is 13.2. The summed E-state index contributed by atoms with van der Waals surface area (Å²) in [6.07, 6.45) is 0.400. The van der Waals surface area contributed by atoms with Crippen molar-refractivity contribution < 1.29 is 14.6 Å². The number of methoxy groups -OCH3 is 1. The highest BCUT2D eigenvalue weighted by atomic mass is 16.6. The van der Waals surface area contributed by atoms with E-state index in [1.54, 1.807) is 7.11 Å². The quantitative estimate of drug-likeness (QED) is 0.659. The van der Waals surface area contributed by atoms with Crippen LogP contribution >= 0.6 is 0 Å². The lowest BCUT2D eigenvalue weighted by Crippen LogP contribution is -2.20. The minimum Gasteiger partial charge on any atom is -0.375 e. The van der Waals surface area contributed by atoms with E-state index in [4.69, 9.17) is 4.74 Å². The van der Waals surface area contributed by atoms with Gasteiger partial charge in [-0.1, -0.05) is 24.3 Å². The summed E-state index contributed by atoms with van der Waals surface area (Å²) in [5.74, 6) is 0. The Bertz CT molecular complexity index is 881. The molecule has 0 fully saturated rings. The molecule has 9 heteroatoms. The molecule has 0 aromatic heterocycles. The molecular weight excluding hydrogens is 328 g/mol. The first-order chi connectivity index (χ1) is 12.0. The summed E-state index contributed by atoms with van der Waals surface area (Å²) >= 11 is 0. The van der Waals surface area contributed by atoms with Gasteiger partial charge in [-0.3, -0.25) is 25.7 Å². The second-order valence-electron chi connectivity index (χ2n) is 5.41. The second kappa shape index (κ2) is 6.65. The lowest BCUT2D eigenvalue weighted by atomic mass is 10.1. The van der Waals surface area contributed by atoms with Crippen LogP contribution in [0.5, 0.6) is 0 Å². The van der Waals surface area contributed by atoms with Crippen LogP contribution in [0.1, 0.15) is 11.1 Å². The molecule has 25 heavy (non-hydrogen) atoms. The molecule has 0 heterocycles. The fourth-order valence-electron chi connectivity index (χ4n) is 2.74. The van der Waals surface area contributed by atoms with Gasteiger partial charge in [0.25, 0.3) is 5.69 Å². The summed E-state index contributed by atoms with van der Waals surface area (Å²) in [4.78, 5) is 20.6. The van der Waals surface area contributed by atoms with E-state index in [-0.39, 0.29) is 17.5 Å². The van der Waals surface area contributed by atoms with Crippen molar-refractivity contribution in [2.45, 2.75) is 12.5 Å². The van der Waals surface area contributed by atoms with Crippen LogP contribution in [0.4, 0.5) is 17.1 Å². The Balaban J connectivity index is 1.96. The molecule has 1 unspecified atom stereocenters. The molecular formula is C16H14N4O5. The topological polar surface area (TPSA) is 120 Å². The average molecular weight is 342 g/mol. The minimum atomic E-state index is -0.689.